The van der Waals surface area contributed by atoms with Gasteiger partial charge in [-0.15, -0.1) is 0 Å². The van der Waals surface area contributed by atoms with Crippen LogP contribution < -0.4 is 0 Å². The highest BCUT2D eigenvalue weighted by atomic mass is 127. The first-order valence-electron chi connectivity index (χ1n) is 6.82. The van der Waals surface area contributed by atoms with Crippen LogP contribution in [0.15, 0.2) is 17.0 Å². The molecule has 0 aromatic heterocycles. The Labute approximate surface area is 161 Å². The van der Waals surface area contributed by atoms with Crippen LogP contribution in [-0.2, 0) is 14.3 Å². The zero-order valence-electron chi connectivity index (χ0n) is 12.7. The highest BCUT2D eigenvalue weighted by molar-refractivity contribution is 14.1. The maximum Gasteiger partial charge on any atom is 0.326 e. The van der Waals surface area contributed by atoms with Crippen LogP contribution in [0.5, 0.6) is 5.75 Å². The summed E-state index contributed by atoms with van der Waals surface area (Å²) in [7, 11) is 0. The lowest BCUT2D eigenvalue weighted by Crippen LogP contribution is -2.35. The van der Waals surface area contributed by atoms with E-state index in [1.807, 2.05) is 22.6 Å². The first kappa shape index (κ1) is 19.1. The maximum atomic E-state index is 12.3. The summed E-state index contributed by atoms with van der Waals surface area (Å²) >= 11 is 8.54. The molecule has 1 aliphatic rings. The first-order chi connectivity index (χ1) is 11.2. The number of phenols is 1. The van der Waals surface area contributed by atoms with E-state index in [4.69, 9.17) is 16.3 Å². The average Bonchev–Trinajstić information content (AvgIpc) is 2.71. The summed E-state index contributed by atoms with van der Waals surface area (Å²) in [5.74, 6) is -1.31. The summed E-state index contributed by atoms with van der Waals surface area (Å²) in [4.78, 5) is 36.8. The normalized spacial score (nSPS) is 16.4. The minimum absolute atomic E-state index is 0.0361. The van der Waals surface area contributed by atoms with Crippen molar-refractivity contribution in [2.24, 2.45) is 0 Å². The van der Waals surface area contributed by atoms with Crippen molar-refractivity contribution in [2.45, 2.75) is 20.0 Å². The van der Waals surface area contributed by atoms with E-state index in [1.165, 1.54) is 12.1 Å². The number of carbonyl (C=O) groups is 3. The summed E-state index contributed by atoms with van der Waals surface area (Å²) in [6.45, 7) is 2.91. The van der Waals surface area contributed by atoms with Gasteiger partial charge < -0.3 is 9.84 Å². The molecule has 128 valence electrons. The number of nitrogens with zero attached hydrogens (tertiary/aromatic N) is 1. The van der Waals surface area contributed by atoms with Gasteiger partial charge in [-0.05, 0) is 66.4 Å². The highest BCUT2D eigenvalue weighted by Crippen LogP contribution is 2.36. The van der Waals surface area contributed by atoms with Crippen molar-refractivity contribution in [3.05, 3.63) is 31.2 Å². The third kappa shape index (κ3) is 4.42. The van der Waals surface area contributed by atoms with Crippen molar-refractivity contribution in [3.63, 3.8) is 0 Å². The van der Waals surface area contributed by atoms with Crippen molar-refractivity contribution in [1.29, 1.82) is 0 Å². The SMILES string of the molecule is CC(C)OC(=O)CN1C(=O)S/C(=C/c2cc(Cl)cc(I)c2O)C1=O. The van der Waals surface area contributed by atoms with E-state index < -0.39 is 23.7 Å². The van der Waals surface area contributed by atoms with E-state index in [-0.39, 0.29) is 16.8 Å². The Hall–Kier alpha value is -1.26. The number of rotatable bonds is 4. The molecule has 1 N–H and O–H groups in total. The molecule has 6 nitrogen and oxygen atoms in total. The van der Waals surface area contributed by atoms with Crippen molar-refractivity contribution in [1.82, 2.24) is 4.90 Å². The van der Waals surface area contributed by atoms with Crippen LogP contribution in [0.4, 0.5) is 4.79 Å². The minimum Gasteiger partial charge on any atom is -0.506 e. The Balaban J connectivity index is 2.24. The van der Waals surface area contributed by atoms with Crippen LogP contribution >= 0.6 is 46.0 Å². The number of esters is 1. The number of benzene rings is 1. The zero-order chi connectivity index (χ0) is 18.0. The van der Waals surface area contributed by atoms with E-state index in [0.717, 1.165) is 4.90 Å². The lowest BCUT2D eigenvalue weighted by atomic mass is 10.2. The Kier molecular flexibility index (Phi) is 6.16. The molecule has 0 unspecified atom stereocenters. The first-order valence-corrected chi connectivity index (χ1v) is 9.09. The number of hydrogen-bond donors (Lipinski definition) is 1. The molecule has 1 aliphatic heterocycles. The molecule has 1 aromatic carbocycles. The number of halogens is 2. The van der Waals surface area contributed by atoms with Gasteiger partial charge >= 0.3 is 5.97 Å². The fraction of sp³-hybridized carbons (Fsp3) is 0.267. The summed E-state index contributed by atoms with van der Waals surface area (Å²) in [5.41, 5.74) is 0.321. The summed E-state index contributed by atoms with van der Waals surface area (Å²) in [6, 6.07) is 3.06. The molecule has 0 radical (unpaired) electrons. The van der Waals surface area contributed by atoms with E-state index in [9.17, 15) is 19.5 Å². The van der Waals surface area contributed by atoms with Gasteiger partial charge in [0, 0.05) is 10.6 Å². The lowest BCUT2D eigenvalue weighted by Gasteiger charge is -2.13. The van der Waals surface area contributed by atoms with Gasteiger partial charge in [-0.25, -0.2) is 0 Å². The summed E-state index contributed by atoms with van der Waals surface area (Å²) in [5, 5.41) is 9.87. The van der Waals surface area contributed by atoms with Gasteiger partial charge in [-0.1, -0.05) is 11.6 Å². The number of ether oxygens (including phenoxy) is 1. The number of carbonyl (C=O) groups excluding carboxylic acids is 3. The van der Waals surface area contributed by atoms with E-state index in [1.54, 1.807) is 19.9 Å². The zero-order valence-corrected chi connectivity index (χ0v) is 16.4. The average molecular weight is 482 g/mol. The molecule has 0 aliphatic carbocycles. The van der Waals surface area contributed by atoms with Gasteiger partial charge in [0.25, 0.3) is 11.1 Å². The van der Waals surface area contributed by atoms with E-state index >= 15 is 0 Å². The van der Waals surface area contributed by atoms with Crippen molar-refractivity contribution >= 4 is 69.1 Å². The fourth-order valence-corrected chi connectivity index (χ4v) is 3.79. The van der Waals surface area contributed by atoms with Crippen LogP contribution in [0.2, 0.25) is 5.02 Å². The molecule has 9 heteroatoms. The molecule has 1 aromatic rings. The standard InChI is InChI=1S/C15H13ClINO5S/c1-7(2)23-12(19)6-18-14(21)11(24-15(18)22)4-8-3-9(16)5-10(17)13(8)20/h3-5,7,20H,6H2,1-2H3/b11-4+. The highest BCUT2D eigenvalue weighted by Gasteiger charge is 2.37. The van der Waals surface area contributed by atoms with E-state index in [0.29, 0.717) is 25.9 Å². The van der Waals surface area contributed by atoms with Gasteiger partial charge in [-0.2, -0.15) is 0 Å². The Bertz CT molecular complexity index is 750. The molecular formula is C15H13ClINO5S. The number of thioether (sulfide) groups is 1. The van der Waals surface area contributed by atoms with Gasteiger partial charge in [0.2, 0.25) is 0 Å². The van der Waals surface area contributed by atoms with Crippen LogP contribution in [0, 0.1) is 3.57 Å². The molecule has 2 rings (SSSR count). The van der Waals surface area contributed by atoms with Crippen LogP contribution in [0.3, 0.4) is 0 Å². The monoisotopic (exact) mass is 481 g/mol. The Morgan fingerprint density at radius 3 is 2.75 bits per heavy atom. The second-order valence-electron chi connectivity index (χ2n) is 5.13. The van der Waals surface area contributed by atoms with Crippen LogP contribution in [-0.4, -0.2) is 39.8 Å². The van der Waals surface area contributed by atoms with E-state index in [2.05, 4.69) is 0 Å². The number of phenolic OH excluding ortho intramolecular Hbond substituents is 1. The quantitative estimate of drug-likeness (QED) is 0.402. The molecule has 2 amide bonds. The molecule has 0 atom stereocenters. The largest absolute Gasteiger partial charge is 0.506 e. The van der Waals surface area contributed by atoms with Gasteiger partial charge in [-0.3, -0.25) is 19.3 Å². The lowest BCUT2D eigenvalue weighted by molar-refractivity contribution is -0.149. The van der Waals surface area contributed by atoms with Crippen LogP contribution in [0.1, 0.15) is 19.4 Å². The summed E-state index contributed by atoms with van der Waals surface area (Å²) in [6.07, 6.45) is 1.04. The van der Waals surface area contributed by atoms with Gasteiger partial charge in [0.1, 0.15) is 12.3 Å². The molecule has 0 spiro atoms. The molecule has 24 heavy (non-hydrogen) atoms. The molecule has 0 bridgehead atoms. The smallest absolute Gasteiger partial charge is 0.326 e. The number of imide groups is 1. The Morgan fingerprint density at radius 2 is 2.12 bits per heavy atom. The fourth-order valence-electron chi connectivity index (χ4n) is 1.90. The predicted octanol–water partition coefficient (Wildman–Crippen LogP) is 3.64. The number of hydrogen-bond acceptors (Lipinski definition) is 6. The predicted molar refractivity (Wildman–Crippen MR) is 99.7 cm³/mol. The maximum absolute atomic E-state index is 12.3. The third-order valence-electron chi connectivity index (χ3n) is 2.87. The number of amides is 2. The molecule has 0 saturated carbocycles. The van der Waals surface area contributed by atoms with Crippen molar-refractivity contribution < 1.29 is 24.2 Å². The second-order valence-corrected chi connectivity index (χ2v) is 7.72. The topological polar surface area (TPSA) is 83.9 Å². The van der Waals surface area contributed by atoms with Crippen LogP contribution in [0.25, 0.3) is 6.08 Å². The van der Waals surface area contributed by atoms with Crippen molar-refractivity contribution in [3.8, 4) is 5.75 Å². The van der Waals surface area contributed by atoms with Gasteiger partial charge in [0.05, 0.1) is 14.6 Å². The Morgan fingerprint density at radius 1 is 1.46 bits per heavy atom. The number of aromatic hydroxyl groups is 1. The van der Waals surface area contributed by atoms with Gasteiger partial charge in [0.15, 0.2) is 0 Å². The second kappa shape index (κ2) is 7.75. The molecule has 1 saturated heterocycles. The minimum atomic E-state index is -0.659. The van der Waals surface area contributed by atoms with Crippen molar-refractivity contribution in [2.75, 3.05) is 6.54 Å². The molecule has 1 fully saturated rings. The third-order valence-corrected chi connectivity index (χ3v) is 4.82. The summed E-state index contributed by atoms with van der Waals surface area (Å²) < 4.78 is 5.46. The molecule has 1 heterocycles. The molecular weight excluding hydrogens is 469 g/mol.